The topological polar surface area (TPSA) is 85.3 Å². The van der Waals surface area contributed by atoms with E-state index in [4.69, 9.17) is 40.5 Å². The van der Waals surface area contributed by atoms with Crippen LogP contribution in [0.2, 0.25) is 5.02 Å². The Hall–Kier alpha value is -4.21. The second kappa shape index (κ2) is 15.4. The van der Waals surface area contributed by atoms with Crippen LogP contribution >= 0.6 is 34.2 Å². The van der Waals surface area contributed by atoms with Crippen LogP contribution in [-0.4, -0.2) is 85.7 Å². The Bertz CT molecular complexity index is 2180. The van der Waals surface area contributed by atoms with Crippen LogP contribution in [0, 0.1) is 16.3 Å². The van der Waals surface area contributed by atoms with E-state index < -0.39 is 17.5 Å². The van der Waals surface area contributed by atoms with Gasteiger partial charge in [-0.25, -0.2) is 13.8 Å². The van der Waals surface area contributed by atoms with Gasteiger partial charge in [0.1, 0.15) is 48.0 Å². The first kappa shape index (κ1) is 37.7. The fraction of sp³-hybridized carbons (Fsp3) is 0.390. The summed E-state index contributed by atoms with van der Waals surface area (Å²) in [7, 11) is 5.15. The van der Waals surface area contributed by atoms with E-state index in [1.54, 1.807) is 14.2 Å². The van der Waals surface area contributed by atoms with Crippen molar-refractivity contribution in [3.05, 3.63) is 85.7 Å². The maximum absolute atomic E-state index is 17.4. The van der Waals surface area contributed by atoms with Crippen molar-refractivity contribution in [1.82, 2.24) is 19.9 Å². The number of hydrogen-bond acceptors (Lipinski definition) is 10. The Labute approximate surface area is 337 Å². The number of alkyl halides is 1. The summed E-state index contributed by atoms with van der Waals surface area (Å²) in [5, 5.41) is 0.463. The number of aromatic nitrogens is 3. The molecule has 0 aliphatic carbocycles. The van der Waals surface area contributed by atoms with Crippen molar-refractivity contribution >= 4 is 56.7 Å². The van der Waals surface area contributed by atoms with Crippen molar-refractivity contribution < 1.29 is 27.7 Å². The SMILES string of the molecule is COc1ccc(CN(Cc2ccc(OC)cc2)c2cc(C)c(I)c(-c3c(Cl)c4c5c(nc(OC[C@@]67CCCN6C[C@H](F)C7)nc5c3F)N(C)CCO4)n2)cc1. The fourth-order valence-electron chi connectivity index (χ4n) is 8.05. The number of aryl methyl sites for hydroxylation is 1. The summed E-state index contributed by atoms with van der Waals surface area (Å²) < 4.78 is 56.1. The number of hydrogen-bond donors (Lipinski definition) is 0. The highest BCUT2D eigenvalue weighted by molar-refractivity contribution is 14.1. The summed E-state index contributed by atoms with van der Waals surface area (Å²) in [4.78, 5) is 20.8. The average Bonchev–Trinajstić information content (AvgIpc) is 3.66. The van der Waals surface area contributed by atoms with Crippen molar-refractivity contribution in [1.29, 1.82) is 0 Å². The number of rotatable bonds is 11. The summed E-state index contributed by atoms with van der Waals surface area (Å²) in [6.45, 7) is 5.21. The zero-order valence-corrected chi connectivity index (χ0v) is 34.1. The Morgan fingerprint density at radius 1 is 1.00 bits per heavy atom. The Kier molecular flexibility index (Phi) is 10.5. The molecule has 3 aromatic carbocycles. The second-order valence-electron chi connectivity index (χ2n) is 14.5. The van der Waals surface area contributed by atoms with Gasteiger partial charge in [0.2, 0.25) is 0 Å². The summed E-state index contributed by atoms with van der Waals surface area (Å²) in [5.74, 6) is 2.26. The van der Waals surface area contributed by atoms with E-state index in [2.05, 4.69) is 37.4 Å². The molecular weight excluding hydrogens is 841 g/mol. The van der Waals surface area contributed by atoms with Gasteiger partial charge in [0, 0.05) is 36.7 Å². The smallest absolute Gasteiger partial charge is 0.319 e. The van der Waals surface area contributed by atoms with Gasteiger partial charge in [0.05, 0.1) is 48.0 Å². The molecule has 3 aliphatic heterocycles. The molecule has 14 heteroatoms. The summed E-state index contributed by atoms with van der Waals surface area (Å²) in [6.07, 6.45) is 1.29. The molecule has 3 aliphatic rings. The van der Waals surface area contributed by atoms with Crippen LogP contribution in [0.15, 0.2) is 54.6 Å². The Balaban J connectivity index is 1.23. The molecular formula is C41H42ClF2IN6O4. The second-order valence-corrected chi connectivity index (χ2v) is 16.0. The number of nitrogens with zero attached hydrogens (tertiary/aromatic N) is 6. The van der Waals surface area contributed by atoms with Gasteiger partial charge in [-0.3, -0.25) is 4.90 Å². The zero-order valence-electron chi connectivity index (χ0n) is 31.2. The number of likely N-dealkylation sites (N-methyl/N-ethyl adjacent to an activating group) is 1. The third-order valence-electron chi connectivity index (χ3n) is 11.0. The zero-order chi connectivity index (χ0) is 38.4. The molecule has 0 N–H and O–H groups in total. The van der Waals surface area contributed by atoms with Gasteiger partial charge in [0.25, 0.3) is 0 Å². The minimum absolute atomic E-state index is 0.0210. The van der Waals surface area contributed by atoms with Gasteiger partial charge >= 0.3 is 6.01 Å². The fourth-order valence-corrected chi connectivity index (χ4v) is 8.91. The van der Waals surface area contributed by atoms with E-state index in [9.17, 15) is 4.39 Å². The predicted molar refractivity (Wildman–Crippen MR) is 218 cm³/mol. The predicted octanol–water partition coefficient (Wildman–Crippen LogP) is 8.41. The monoisotopic (exact) mass is 882 g/mol. The third-order valence-corrected chi connectivity index (χ3v) is 12.7. The normalized spacial score (nSPS) is 19.3. The van der Waals surface area contributed by atoms with Crippen LogP contribution in [0.3, 0.4) is 0 Å². The molecule has 0 saturated carbocycles. The van der Waals surface area contributed by atoms with Gasteiger partial charge in [0.15, 0.2) is 11.6 Å². The number of fused-ring (bicyclic) bond motifs is 1. The van der Waals surface area contributed by atoms with Gasteiger partial charge in [-0.05, 0) is 95.9 Å². The molecule has 0 spiro atoms. The Morgan fingerprint density at radius 3 is 2.33 bits per heavy atom. The van der Waals surface area contributed by atoms with Crippen molar-refractivity contribution in [2.24, 2.45) is 0 Å². The van der Waals surface area contributed by atoms with E-state index in [0.717, 1.165) is 51.1 Å². The number of halogens is 4. The maximum atomic E-state index is 17.4. The highest BCUT2D eigenvalue weighted by Gasteiger charge is 2.49. The van der Waals surface area contributed by atoms with Gasteiger partial charge in [-0.1, -0.05) is 35.9 Å². The minimum Gasteiger partial charge on any atom is -0.497 e. The van der Waals surface area contributed by atoms with Crippen LogP contribution in [0.25, 0.3) is 22.2 Å². The van der Waals surface area contributed by atoms with E-state index in [-0.39, 0.29) is 28.7 Å². The first-order chi connectivity index (χ1) is 26.6. The van der Waals surface area contributed by atoms with Crippen LogP contribution in [0.1, 0.15) is 36.0 Å². The number of benzene rings is 3. The minimum atomic E-state index is -0.906. The van der Waals surface area contributed by atoms with Crippen LogP contribution < -0.4 is 28.7 Å². The molecule has 2 saturated heterocycles. The standard InChI is InChI=1S/C41H42ClF2IN6O4/c1-24-18-30(50(20-25-6-10-28(52-3)11-7-25)21-26-8-12-29(53-4)13-9-26)46-37(35(24)45)31-33(42)38-32-36(34(31)44)47-40(48-39(32)49(2)16-17-54-38)55-23-41-14-5-15-51(41)22-27(43)19-41/h6-13,18,27H,5,14-17,19-23H2,1-4H3/t27-,41+/m1/s1. The largest absolute Gasteiger partial charge is 0.497 e. The third kappa shape index (κ3) is 7.19. The average molecular weight is 883 g/mol. The van der Waals surface area contributed by atoms with Crippen LogP contribution in [0.5, 0.6) is 23.3 Å². The van der Waals surface area contributed by atoms with E-state index >= 15 is 4.39 Å². The van der Waals surface area contributed by atoms with Crippen molar-refractivity contribution in [3.8, 4) is 34.5 Å². The van der Waals surface area contributed by atoms with Crippen LogP contribution in [0.4, 0.5) is 20.4 Å². The Morgan fingerprint density at radius 2 is 1.67 bits per heavy atom. The quantitative estimate of drug-likeness (QED) is 0.121. The van der Waals surface area contributed by atoms with Crippen molar-refractivity contribution in [2.75, 3.05) is 63.9 Å². The highest BCUT2D eigenvalue weighted by Crippen LogP contribution is 2.49. The lowest BCUT2D eigenvalue weighted by molar-refractivity contribution is 0.107. The molecule has 0 radical (unpaired) electrons. The molecule has 2 atom stereocenters. The number of anilines is 2. The molecule has 5 heterocycles. The lowest BCUT2D eigenvalue weighted by Crippen LogP contribution is -2.43. The molecule has 0 amide bonds. The lowest BCUT2D eigenvalue weighted by atomic mass is 9.95. The molecule has 10 nitrogen and oxygen atoms in total. The number of ether oxygens (including phenoxy) is 4. The first-order valence-corrected chi connectivity index (χ1v) is 19.8. The van der Waals surface area contributed by atoms with E-state index in [1.165, 1.54) is 0 Å². The van der Waals surface area contributed by atoms with E-state index in [0.29, 0.717) is 67.7 Å². The number of methoxy groups -OCH3 is 2. The van der Waals surface area contributed by atoms with E-state index in [1.807, 2.05) is 73.5 Å². The van der Waals surface area contributed by atoms with Gasteiger partial charge in [-0.2, -0.15) is 9.97 Å². The number of pyridine rings is 1. The molecule has 288 valence electrons. The van der Waals surface area contributed by atoms with Crippen molar-refractivity contribution in [3.63, 3.8) is 0 Å². The van der Waals surface area contributed by atoms with Gasteiger partial charge in [-0.15, -0.1) is 0 Å². The van der Waals surface area contributed by atoms with Crippen molar-refractivity contribution in [2.45, 2.75) is 51.0 Å². The molecule has 2 fully saturated rings. The summed E-state index contributed by atoms with van der Waals surface area (Å²) >= 11 is 9.40. The molecule has 0 unspecified atom stereocenters. The molecule has 55 heavy (non-hydrogen) atoms. The molecule has 8 rings (SSSR count). The highest BCUT2D eigenvalue weighted by atomic mass is 127. The van der Waals surface area contributed by atoms with Crippen LogP contribution in [-0.2, 0) is 13.1 Å². The lowest BCUT2D eigenvalue weighted by Gasteiger charge is -2.31. The maximum Gasteiger partial charge on any atom is 0.319 e. The van der Waals surface area contributed by atoms with Gasteiger partial charge < -0.3 is 28.7 Å². The summed E-state index contributed by atoms with van der Waals surface area (Å²) in [6, 6.07) is 17.8. The molecule has 0 bridgehead atoms. The summed E-state index contributed by atoms with van der Waals surface area (Å²) in [5.41, 5.74) is 3.04. The molecule has 2 aromatic heterocycles. The molecule has 5 aromatic rings. The first-order valence-electron chi connectivity index (χ1n) is 18.3.